The lowest BCUT2D eigenvalue weighted by molar-refractivity contribution is -0.140. The molecule has 1 saturated heterocycles. The third-order valence-electron chi connectivity index (χ3n) is 4.02. The van der Waals surface area contributed by atoms with Crippen LogP contribution in [0, 0.1) is 3.70 Å². The van der Waals surface area contributed by atoms with Gasteiger partial charge >= 0.3 is 6.18 Å². The van der Waals surface area contributed by atoms with E-state index >= 15 is 0 Å². The average Bonchev–Trinajstić information content (AvgIpc) is 2.77. The summed E-state index contributed by atoms with van der Waals surface area (Å²) in [6, 6.07) is 6.90. The van der Waals surface area contributed by atoms with Gasteiger partial charge in [-0.1, -0.05) is 6.07 Å². The maximum Gasteiger partial charge on any atom is 0.406 e. The molecule has 0 saturated carbocycles. The van der Waals surface area contributed by atoms with Gasteiger partial charge in [-0.15, -0.1) is 0 Å². The van der Waals surface area contributed by atoms with Gasteiger partial charge < -0.3 is 20.3 Å². The van der Waals surface area contributed by atoms with Gasteiger partial charge in [-0.2, -0.15) is 13.2 Å². The first-order valence-electron chi connectivity index (χ1n) is 7.35. The zero-order valence-electron chi connectivity index (χ0n) is 12.2. The second-order valence-corrected chi connectivity index (χ2v) is 6.82. The molecule has 0 radical (unpaired) electrons. The quantitative estimate of drug-likeness (QED) is 0.645. The Morgan fingerprint density at radius 2 is 2.17 bits per heavy atom. The lowest BCUT2D eigenvalue weighted by atomic mass is 10.0. The highest BCUT2D eigenvalue weighted by Crippen LogP contribution is 2.31. The fourth-order valence-electron chi connectivity index (χ4n) is 2.93. The molecular formula is C15H17F3IN3O. The molecular weight excluding hydrogens is 422 g/mol. The summed E-state index contributed by atoms with van der Waals surface area (Å²) < 4.78 is 40.1. The zero-order valence-corrected chi connectivity index (χ0v) is 14.4. The topological polar surface area (TPSA) is 49.2 Å². The van der Waals surface area contributed by atoms with Crippen LogP contribution in [0.15, 0.2) is 24.3 Å². The van der Waals surface area contributed by atoms with E-state index in [4.69, 9.17) is 0 Å². The molecule has 1 fully saturated rings. The number of halogens is 4. The Balaban J connectivity index is 1.94. The summed E-state index contributed by atoms with van der Waals surface area (Å²) in [6.07, 6.45) is -4.02. The Kier molecular flexibility index (Phi) is 4.75. The first-order valence-corrected chi connectivity index (χ1v) is 8.43. The van der Waals surface area contributed by atoms with Gasteiger partial charge in [0.1, 0.15) is 6.54 Å². The number of benzene rings is 1. The van der Waals surface area contributed by atoms with Gasteiger partial charge in [-0.25, -0.2) is 0 Å². The van der Waals surface area contributed by atoms with Crippen molar-refractivity contribution in [2.45, 2.75) is 31.3 Å². The molecule has 23 heavy (non-hydrogen) atoms. The minimum absolute atomic E-state index is 0.106. The Hall–Kier alpha value is -1.00. The Bertz CT molecular complexity index is 701. The molecule has 1 aromatic heterocycles. The molecule has 3 rings (SSSR count). The molecule has 2 aromatic rings. The van der Waals surface area contributed by atoms with Crippen LogP contribution in [-0.2, 0) is 6.54 Å². The predicted molar refractivity (Wildman–Crippen MR) is 91.6 cm³/mol. The molecule has 0 bridgehead atoms. The monoisotopic (exact) mass is 439 g/mol. The molecule has 0 amide bonds. The summed E-state index contributed by atoms with van der Waals surface area (Å²) in [6.45, 7) is 0.311. The third kappa shape index (κ3) is 3.74. The number of aliphatic hydroxyl groups is 1. The molecule has 0 aliphatic carbocycles. The predicted octanol–water partition coefficient (Wildman–Crippen LogP) is 2.94. The standard InChI is InChI=1S/C15H17F3IN3O/c16-15(17,18)8-22-12-3-1-2-10(9(12)6-14(22)19)21-11-4-5-20-7-13(11)23/h1-3,6,11,13,20-21,23H,4-5,7-8H2/t11?,13-/m0/s1. The van der Waals surface area contributed by atoms with Crippen LogP contribution in [0.2, 0.25) is 0 Å². The lowest BCUT2D eigenvalue weighted by Crippen LogP contribution is -2.47. The molecule has 3 N–H and O–H groups in total. The first kappa shape index (κ1) is 16.8. The average molecular weight is 439 g/mol. The maximum absolute atomic E-state index is 12.8. The van der Waals surface area contributed by atoms with Gasteiger partial charge in [0.15, 0.2) is 0 Å². The highest BCUT2D eigenvalue weighted by atomic mass is 127. The highest BCUT2D eigenvalue weighted by molar-refractivity contribution is 14.1. The number of rotatable bonds is 3. The second-order valence-electron chi connectivity index (χ2n) is 5.72. The van der Waals surface area contributed by atoms with Gasteiger partial charge in [0, 0.05) is 17.6 Å². The van der Waals surface area contributed by atoms with Crippen LogP contribution in [0.1, 0.15) is 6.42 Å². The normalized spacial score (nSPS) is 22.5. The van der Waals surface area contributed by atoms with Crippen molar-refractivity contribution in [1.82, 2.24) is 9.88 Å². The number of anilines is 1. The van der Waals surface area contributed by atoms with Crippen molar-refractivity contribution in [3.05, 3.63) is 28.0 Å². The molecule has 1 aliphatic rings. The van der Waals surface area contributed by atoms with Gasteiger partial charge in [-0.3, -0.25) is 0 Å². The Morgan fingerprint density at radius 3 is 2.87 bits per heavy atom. The number of hydrogen-bond donors (Lipinski definition) is 3. The van der Waals surface area contributed by atoms with Gasteiger partial charge in [-0.05, 0) is 53.8 Å². The Labute approximate surface area is 145 Å². The number of nitrogens with zero attached hydrogens (tertiary/aromatic N) is 1. The summed E-state index contributed by atoms with van der Waals surface area (Å²) in [5, 5.41) is 17.2. The SMILES string of the molecule is O[C@H]1CNCCC1Nc1cccc2c1cc(I)n2CC(F)(F)F. The number of aromatic nitrogens is 1. The molecule has 1 aromatic carbocycles. The minimum atomic E-state index is -4.26. The largest absolute Gasteiger partial charge is 0.406 e. The number of piperidine rings is 1. The number of nitrogens with one attached hydrogen (secondary N) is 2. The van der Waals surface area contributed by atoms with Crippen LogP contribution in [0.3, 0.4) is 0 Å². The van der Waals surface area contributed by atoms with Crippen molar-refractivity contribution in [2.75, 3.05) is 18.4 Å². The van der Waals surface area contributed by atoms with E-state index in [0.29, 0.717) is 15.8 Å². The van der Waals surface area contributed by atoms with Crippen LogP contribution in [-0.4, -0.2) is 41.1 Å². The lowest BCUT2D eigenvalue weighted by Gasteiger charge is -2.30. The minimum Gasteiger partial charge on any atom is -0.390 e. The van der Waals surface area contributed by atoms with Crippen LogP contribution in [0.25, 0.3) is 10.9 Å². The van der Waals surface area contributed by atoms with Crippen molar-refractivity contribution < 1.29 is 18.3 Å². The molecule has 1 unspecified atom stereocenters. The van der Waals surface area contributed by atoms with Crippen LogP contribution >= 0.6 is 22.6 Å². The number of fused-ring (bicyclic) bond motifs is 1. The van der Waals surface area contributed by atoms with Crippen LogP contribution < -0.4 is 10.6 Å². The van der Waals surface area contributed by atoms with Gasteiger partial charge in [0.2, 0.25) is 0 Å². The fourth-order valence-corrected chi connectivity index (χ4v) is 3.67. The van der Waals surface area contributed by atoms with E-state index in [0.717, 1.165) is 24.0 Å². The van der Waals surface area contributed by atoms with Crippen molar-refractivity contribution in [3.63, 3.8) is 0 Å². The first-order chi connectivity index (χ1) is 10.8. The summed E-state index contributed by atoms with van der Waals surface area (Å²) in [5.74, 6) is 0. The van der Waals surface area contributed by atoms with E-state index < -0.39 is 18.8 Å². The van der Waals surface area contributed by atoms with E-state index in [2.05, 4.69) is 10.6 Å². The molecule has 4 nitrogen and oxygen atoms in total. The fraction of sp³-hybridized carbons (Fsp3) is 0.467. The highest BCUT2D eigenvalue weighted by Gasteiger charge is 2.30. The smallest absolute Gasteiger partial charge is 0.390 e. The number of alkyl halides is 3. The van der Waals surface area contributed by atoms with E-state index in [-0.39, 0.29) is 6.04 Å². The van der Waals surface area contributed by atoms with E-state index in [9.17, 15) is 18.3 Å². The molecule has 1 aliphatic heterocycles. The van der Waals surface area contributed by atoms with Gasteiger partial charge in [0.25, 0.3) is 0 Å². The molecule has 126 valence electrons. The zero-order chi connectivity index (χ0) is 16.6. The van der Waals surface area contributed by atoms with Crippen molar-refractivity contribution in [2.24, 2.45) is 0 Å². The number of aliphatic hydroxyl groups excluding tert-OH is 1. The van der Waals surface area contributed by atoms with Crippen LogP contribution in [0.5, 0.6) is 0 Å². The maximum atomic E-state index is 12.8. The van der Waals surface area contributed by atoms with Crippen LogP contribution in [0.4, 0.5) is 18.9 Å². The number of β-amino-alcohol motifs (C(OH)–C–C–N with tert-alkyl or cyclic N) is 1. The molecule has 8 heteroatoms. The molecule has 2 atom stereocenters. The molecule has 0 spiro atoms. The summed E-state index contributed by atoms with van der Waals surface area (Å²) in [7, 11) is 0. The second kappa shape index (κ2) is 6.48. The van der Waals surface area contributed by atoms with E-state index in [1.165, 1.54) is 4.57 Å². The van der Waals surface area contributed by atoms with E-state index in [1.54, 1.807) is 18.2 Å². The van der Waals surface area contributed by atoms with Gasteiger partial charge in [0.05, 0.1) is 21.4 Å². The summed E-state index contributed by atoms with van der Waals surface area (Å²) in [5.41, 5.74) is 1.30. The van der Waals surface area contributed by atoms with Crippen molar-refractivity contribution in [3.8, 4) is 0 Å². The summed E-state index contributed by atoms with van der Waals surface area (Å²) in [4.78, 5) is 0. The third-order valence-corrected chi connectivity index (χ3v) is 4.92. The summed E-state index contributed by atoms with van der Waals surface area (Å²) >= 11 is 1.92. The Morgan fingerprint density at radius 1 is 1.39 bits per heavy atom. The van der Waals surface area contributed by atoms with Crippen molar-refractivity contribution >= 4 is 39.2 Å². The molecule has 2 heterocycles. The van der Waals surface area contributed by atoms with Crippen molar-refractivity contribution in [1.29, 1.82) is 0 Å². The number of hydrogen-bond acceptors (Lipinski definition) is 3. The van der Waals surface area contributed by atoms with E-state index in [1.807, 2.05) is 28.7 Å².